The summed E-state index contributed by atoms with van der Waals surface area (Å²) in [7, 11) is 1.73. The maximum absolute atomic E-state index is 9.86. The van der Waals surface area contributed by atoms with Gasteiger partial charge in [-0.05, 0) is 43.6 Å². The third-order valence-electron chi connectivity index (χ3n) is 3.81. The molecule has 29 heavy (non-hydrogen) atoms. The summed E-state index contributed by atoms with van der Waals surface area (Å²) in [6, 6.07) is 0. The van der Waals surface area contributed by atoms with E-state index >= 15 is 0 Å². The topological polar surface area (TPSA) is 66.4 Å². The zero-order chi connectivity index (χ0) is 21.6. The van der Waals surface area contributed by atoms with Crippen LogP contribution in [-0.2, 0) is 10.9 Å². The van der Waals surface area contributed by atoms with Gasteiger partial charge < -0.3 is 10.4 Å². The van der Waals surface area contributed by atoms with Crippen molar-refractivity contribution in [1.82, 2.24) is 10.5 Å². The van der Waals surface area contributed by atoms with E-state index in [1.165, 1.54) is 23.4 Å². The molecule has 0 saturated heterocycles. The summed E-state index contributed by atoms with van der Waals surface area (Å²) in [5.74, 6) is 0.0416. The minimum atomic E-state index is -0.0480. The van der Waals surface area contributed by atoms with Crippen molar-refractivity contribution >= 4 is 40.3 Å². The molecule has 1 aromatic rings. The third kappa shape index (κ3) is 9.37. The number of aromatic nitrogens is 1. The molecule has 0 saturated carbocycles. The van der Waals surface area contributed by atoms with Crippen LogP contribution in [-0.4, -0.2) is 28.6 Å². The number of hydrogen-bond donors (Lipinski definition) is 3. The van der Waals surface area contributed by atoms with Crippen LogP contribution >= 0.6 is 35.1 Å². The van der Waals surface area contributed by atoms with Crippen LogP contribution in [0.1, 0.15) is 36.8 Å². The molecular weight excluding hydrogens is 422 g/mol. The number of aliphatic hydroxyl groups is 1. The number of rotatable bonds is 14. The highest BCUT2D eigenvalue weighted by Crippen LogP contribution is 2.33. The van der Waals surface area contributed by atoms with Gasteiger partial charge in [-0.15, -0.1) is 18.3 Å². The Morgan fingerprint density at radius 2 is 2.14 bits per heavy atom. The van der Waals surface area contributed by atoms with Gasteiger partial charge in [0.15, 0.2) is 5.13 Å². The number of anilines is 1. The minimum absolute atomic E-state index is 0.0416. The average Bonchev–Trinajstić information content (AvgIpc) is 3.14. The van der Waals surface area contributed by atoms with Gasteiger partial charge in [0.25, 0.3) is 0 Å². The van der Waals surface area contributed by atoms with E-state index in [1.807, 2.05) is 37.5 Å². The van der Waals surface area contributed by atoms with Crippen molar-refractivity contribution < 1.29 is 9.39 Å². The lowest BCUT2D eigenvalue weighted by molar-refractivity contribution is 0.270. The zero-order valence-electron chi connectivity index (χ0n) is 17.5. The molecule has 0 amide bonds. The summed E-state index contributed by atoms with van der Waals surface area (Å²) in [6.45, 7) is 11.8. The second-order valence-electron chi connectivity index (χ2n) is 5.96. The van der Waals surface area contributed by atoms with Crippen molar-refractivity contribution in [2.45, 2.75) is 38.0 Å². The molecule has 0 aromatic carbocycles. The van der Waals surface area contributed by atoms with E-state index in [-0.39, 0.29) is 17.8 Å². The van der Waals surface area contributed by atoms with Gasteiger partial charge in [-0.25, -0.2) is 9.27 Å². The lowest BCUT2D eigenvalue weighted by atomic mass is 9.99. The Kier molecular flexibility index (Phi) is 13.0. The van der Waals surface area contributed by atoms with Crippen LogP contribution in [0.5, 0.6) is 0 Å². The SMILES string of the molecule is C=CCC(/C=C\C(C)SONC)c1nc(NC(/C=C\C(=C)SC)=C/C)sc1CO. The highest BCUT2D eigenvalue weighted by Gasteiger charge is 2.18. The van der Waals surface area contributed by atoms with Gasteiger partial charge in [0, 0.05) is 36.0 Å². The first-order valence-corrected chi connectivity index (χ1v) is 12.1. The number of thiazole rings is 1. The maximum Gasteiger partial charge on any atom is 0.187 e. The van der Waals surface area contributed by atoms with Crippen LogP contribution in [0.15, 0.2) is 60.2 Å². The third-order valence-corrected chi connectivity index (χ3v) is 6.17. The molecule has 0 spiro atoms. The molecule has 2 atom stereocenters. The number of nitrogens with zero attached hydrogens (tertiary/aromatic N) is 1. The Morgan fingerprint density at radius 1 is 1.38 bits per heavy atom. The predicted octanol–water partition coefficient (Wildman–Crippen LogP) is 5.79. The van der Waals surface area contributed by atoms with Gasteiger partial charge in [0.05, 0.1) is 17.2 Å². The molecule has 2 unspecified atom stereocenters. The molecule has 0 fully saturated rings. The normalized spacial score (nSPS) is 14.4. The van der Waals surface area contributed by atoms with Crippen molar-refractivity contribution in [1.29, 1.82) is 0 Å². The van der Waals surface area contributed by atoms with Crippen LogP contribution < -0.4 is 10.8 Å². The second-order valence-corrected chi connectivity index (χ2v) is 9.08. The minimum Gasteiger partial charge on any atom is -0.391 e. The molecule has 0 aliphatic carbocycles. The number of nitrogens with one attached hydrogen (secondary N) is 2. The molecule has 0 aliphatic heterocycles. The molecule has 8 heteroatoms. The summed E-state index contributed by atoms with van der Waals surface area (Å²) in [4.78, 5) is 6.60. The Bertz CT molecular complexity index is 742. The quantitative estimate of drug-likeness (QED) is 0.143. The number of thioether (sulfide) groups is 1. The van der Waals surface area contributed by atoms with Crippen molar-refractivity contribution in [3.8, 4) is 0 Å². The summed E-state index contributed by atoms with van der Waals surface area (Å²) in [5.41, 5.74) is 4.45. The van der Waals surface area contributed by atoms with Crippen molar-refractivity contribution in [2.75, 3.05) is 18.6 Å². The molecular formula is C21H31N3O2S3. The Morgan fingerprint density at radius 3 is 2.72 bits per heavy atom. The van der Waals surface area contributed by atoms with E-state index in [2.05, 4.69) is 43.0 Å². The standard InChI is InChI=1S/C21H31N3O2S3/c1-7-9-17(12-10-16(4)29-26-22-5)20-19(14-25)28-21(24-20)23-18(8-2)13-11-15(3)27-6/h7-8,10-13,16-17,22,25H,1,3,9,14H2,2,4-6H3,(H,23,24)/b12-10-,13-11-,18-8+. The van der Waals surface area contributed by atoms with Gasteiger partial charge in [-0.1, -0.05) is 42.2 Å². The van der Waals surface area contributed by atoms with E-state index in [1.54, 1.807) is 18.8 Å². The van der Waals surface area contributed by atoms with Crippen molar-refractivity contribution in [3.05, 3.63) is 70.8 Å². The highest BCUT2D eigenvalue weighted by molar-refractivity contribution is 8.02. The Hall–Kier alpha value is -1.29. The fourth-order valence-corrected chi connectivity index (χ4v) is 3.83. The molecule has 0 bridgehead atoms. The van der Waals surface area contributed by atoms with E-state index in [9.17, 15) is 5.11 Å². The molecule has 1 rings (SSSR count). The van der Waals surface area contributed by atoms with Crippen LogP contribution in [0.3, 0.4) is 0 Å². The predicted molar refractivity (Wildman–Crippen MR) is 131 cm³/mol. The van der Waals surface area contributed by atoms with Crippen molar-refractivity contribution in [3.63, 3.8) is 0 Å². The monoisotopic (exact) mass is 453 g/mol. The lowest BCUT2D eigenvalue weighted by Crippen LogP contribution is -2.05. The van der Waals surface area contributed by atoms with Gasteiger partial charge in [0.2, 0.25) is 0 Å². The van der Waals surface area contributed by atoms with Gasteiger partial charge >= 0.3 is 0 Å². The van der Waals surface area contributed by atoms with Gasteiger partial charge in [-0.3, -0.25) is 0 Å². The van der Waals surface area contributed by atoms with Crippen LogP contribution in [0, 0.1) is 0 Å². The summed E-state index contributed by atoms with van der Waals surface area (Å²) in [5, 5.41) is 14.1. The van der Waals surface area contributed by atoms with Crippen LogP contribution in [0.4, 0.5) is 5.13 Å². The largest absolute Gasteiger partial charge is 0.391 e. The molecule has 5 nitrogen and oxygen atoms in total. The van der Waals surface area contributed by atoms with Gasteiger partial charge in [-0.2, -0.15) is 5.48 Å². The molecule has 0 aliphatic rings. The van der Waals surface area contributed by atoms with E-state index in [0.29, 0.717) is 0 Å². The highest BCUT2D eigenvalue weighted by atomic mass is 32.2. The fraction of sp³-hybridized carbons (Fsp3) is 0.381. The summed E-state index contributed by atoms with van der Waals surface area (Å²) in [6.07, 6.45) is 14.7. The molecule has 0 radical (unpaired) electrons. The van der Waals surface area contributed by atoms with E-state index in [4.69, 9.17) is 9.27 Å². The Balaban J connectivity index is 3.03. The summed E-state index contributed by atoms with van der Waals surface area (Å²) < 4.78 is 5.16. The van der Waals surface area contributed by atoms with E-state index < -0.39 is 0 Å². The number of allylic oxidation sites excluding steroid dienone is 5. The zero-order valence-corrected chi connectivity index (χ0v) is 19.9. The lowest BCUT2D eigenvalue weighted by Gasteiger charge is -2.11. The fourth-order valence-electron chi connectivity index (χ4n) is 2.31. The summed E-state index contributed by atoms with van der Waals surface area (Å²) >= 11 is 4.41. The molecule has 1 aromatic heterocycles. The number of aliphatic hydroxyl groups excluding tert-OH is 1. The van der Waals surface area contributed by atoms with Crippen molar-refractivity contribution in [2.24, 2.45) is 0 Å². The maximum atomic E-state index is 9.86. The smallest absolute Gasteiger partial charge is 0.187 e. The number of hydrogen-bond acceptors (Lipinski definition) is 8. The average molecular weight is 454 g/mol. The van der Waals surface area contributed by atoms with Gasteiger partial charge in [0.1, 0.15) is 0 Å². The Labute approximate surface area is 187 Å². The van der Waals surface area contributed by atoms with Crippen LogP contribution in [0.25, 0.3) is 0 Å². The van der Waals surface area contributed by atoms with Crippen LogP contribution in [0.2, 0.25) is 0 Å². The van der Waals surface area contributed by atoms with E-state index in [0.717, 1.165) is 32.7 Å². The first-order valence-electron chi connectivity index (χ1n) is 9.22. The molecule has 3 N–H and O–H groups in total. The number of hydroxylamine groups is 1. The second kappa shape index (κ2) is 14.7. The molecule has 1 heterocycles. The first-order chi connectivity index (χ1) is 14.0. The molecule has 160 valence electrons. The first kappa shape index (κ1) is 25.7.